The van der Waals surface area contributed by atoms with E-state index in [2.05, 4.69) is 16.0 Å². The first-order valence-corrected chi connectivity index (χ1v) is 13.7. The summed E-state index contributed by atoms with van der Waals surface area (Å²) in [5.74, 6) is -3.58. The Bertz CT molecular complexity index is 1180. The predicted molar refractivity (Wildman–Crippen MR) is 151 cm³/mol. The zero-order valence-electron chi connectivity index (χ0n) is 25.6. The number of ether oxygens (including phenoxy) is 3. The highest BCUT2D eigenvalue weighted by Gasteiger charge is 2.51. The Morgan fingerprint density at radius 1 is 0.976 bits per heavy atom. The first-order chi connectivity index (χ1) is 19.3. The molecule has 232 valence electrons. The Morgan fingerprint density at radius 2 is 1.57 bits per heavy atom. The van der Waals surface area contributed by atoms with Gasteiger partial charge in [-0.15, -0.1) is 0 Å². The molecule has 0 spiro atoms. The molecule has 4 atom stereocenters. The Morgan fingerprint density at radius 3 is 2.12 bits per heavy atom. The molecular weight excluding hydrogens is 548 g/mol. The Kier molecular flexibility index (Phi) is 11.1. The highest BCUT2D eigenvalue weighted by Crippen LogP contribution is 2.23. The molecule has 0 aromatic heterocycles. The quantitative estimate of drug-likeness (QED) is 0.274. The number of hydrogen-bond donors (Lipinski definition) is 3. The van der Waals surface area contributed by atoms with E-state index in [0.717, 1.165) is 5.56 Å². The van der Waals surface area contributed by atoms with E-state index in [9.17, 15) is 28.8 Å². The van der Waals surface area contributed by atoms with Crippen LogP contribution < -0.4 is 16.0 Å². The van der Waals surface area contributed by atoms with Gasteiger partial charge in [0.25, 0.3) is 5.91 Å². The topological polar surface area (TPSA) is 169 Å². The summed E-state index contributed by atoms with van der Waals surface area (Å²) in [6.07, 6.45) is -2.99. The van der Waals surface area contributed by atoms with Crippen LogP contribution in [0.2, 0.25) is 0 Å². The molecule has 3 N–H and O–H groups in total. The summed E-state index contributed by atoms with van der Waals surface area (Å²) < 4.78 is 15.7. The van der Waals surface area contributed by atoms with Crippen molar-refractivity contribution >= 4 is 35.9 Å². The molecule has 1 aromatic carbocycles. The van der Waals surface area contributed by atoms with Gasteiger partial charge >= 0.3 is 18.2 Å². The minimum absolute atomic E-state index is 0.0254. The zero-order chi connectivity index (χ0) is 32.0. The standard InChI is InChI=1S/C29H42N4O9/c1-16(2)20(31-26(38)42-28(5,6)7)23(35)33-21(18(4)41-27(33)39)22(34)32-29(8,9)25(37)30-17(3)24(36)40-15-19-13-11-10-12-14-19/h10-14,16-18,20-21H,15H2,1-9H3,(H,30,37)(H,31,38)(H,32,34)/t17-,18-,20-,21+/m0/s1. The van der Waals surface area contributed by atoms with Crippen LogP contribution in [0.5, 0.6) is 0 Å². The molecular formula is C29H42N4O9. The number of carbonyl (C=O) groups excluding carboxylic acids is 6. The van der Waals surface area contributed by atoms with Gasteiger partial charge in [-0.05, 0) is 59.9 Å². The number of hydrogen-bond acceptors (Lipinski definition) is 9. The second-order valence-corrected chi connectivity index (χ2v) is 12.0. The van der Waals surface area contributed by atoms with Crippen LogP contribution in [0.4, 0.5) is 9.59 Å². The van der Waals surface area contributed by atoms with E-state index in [4.69, 9.17) is 14.2 Å². The summed E-state index contributed by atoms with van der Waals surface area (Å²) in [7, 11) is 0. The van der Waals surface area contributed by atoms with Crippen LogP contribution in [-0.2, 0) is 40.0 Å². The fourth-order valence-electron chi connectivity index (χ4n) is 3.99. The van der Waals surface area contributed by atoms with Crippen LogP contribution in [0.15, 0.2) is 30.3 Å². The van der Waals surface area contributed by atoms with Crippen LogP contribution >= 0.6 is 0 Å². The molecule has 1 saturated heterocycles. The Hall–Kier alpha value is -4.16. The SMILES string of the molecule is CC(C)[C@H](NC(=O)OC(C)(C)C)C(=O)N1C(=O)O[C@@H](C)[C@@H]1C(=O)NC(C)(C)C(=O)N[C@@H](C)C(=O)OCc1ccccc1. The summed E-state index contributed by atoms with van der Waals surface area (Å²) in [4.78, 5) is 78.0. The van der Waals surface area contributed by atoms with Crippen molar-refractivity contribution in [3.8, 4) is 0 Å². The second kappa shape index (κ2) is 13.7. The van der Waals surface area contributed by atoms with Crippen molar-refractivity contribution in [3.63, 3.8) is 0 Å². The molecule has 1 heterocycles. The van der Waals surface area contributed by atoms with Gasteiger partial charge in [0.05, 0.1) is 0 Å². The fraction of sp³-hybridized carbons (Fsp3) is 0.586. The number of cyclic esters (lactones) is 1. The predicted octanol–water partition coefficient (Wildman–Crippen LogP) is 2.41. The monoisotopic (exact) mass is 590 g/mol. The summed E-state index contributed by atoms with van der Waals surface area (Å²) in [5, 5.41) is 7.51. The number of nitrogens with zero attached hydrogens (tertiary/aromatic N) is 1. The van der Waals surface area contributed by atoms with Gasteiger partial charge in [-0.3, -0.25) is 14.4 Å². The van der Waals surface area contributed by atoms with Crippen molar-refractivity contribution in [2.45, 2.75) is 104 Å². The second-order valence-electron chi connectivity index (χ2n) is 12.0. The van der Waals surface area contributed by atoms with Crippen molar-refractivity contribution in [1.29, 1.82) is 0 Å². The highest BCUT2D eigenvalue weighted by atomic mass is 16.6. The third-order valence-corrected chi connectivity index (χ3v) is 6.25. The summed E-state index contributed by atoms with van der Waals surface area (Å²) >= 11 is 0. The van der Waals surface area contributed by atoms with Gasteiger partial charge in [0.1, 0.15) is 35.9 Å². The number of nitrogens with one attached hydrogen (secondary N) is 3. The molecule has 1 aromatic rings. The first-order valence-electron chi connectivity index (χ1n) is 13.7. The molecule has 0 bridgehead atoms. The lowest BCUT2D eigenvalue weighted by Gasteiger charge is -2.31. The highest BCUT2D eigenvalue weighted by molar-refractivity contribution is 6.04. The number of carbonyl (C=O) groups is 6. The number of amides is 5. The molecule has 1 aliphatic rings. The number of benzene rings is 1. The van der Waals surface area contributed by atoms with Crippen molar-refractivity contribution in [1.82, 2.24) is 20.9 Å². The average Bonchev–Trinajstić information content (AvgIpc) is 3.17. The van der Waals surface area contributed by atoms with Crippen LogP contribution in [-0.4, -0.2) is 76.1 Å². The minimum atomic E-state index is -1.57. The van der Waals surface area contributed by atoms with Crippen molar-refractivity contribution < 1.29 is 43.0 Å². The largest absolute Gasteiger partial charge is 0.459 e. The molecule has 5 amide bonds. The lowest BCUT2D eigenvalue weighted by atomic mass is 9.99. The molecule has 1 fully saturated rings. The minimum Gasteiger partial charge on any atom is -0.459 e. The summed E-state index contributed by atoms with van der Waals surface area (Å²) in [6.45, 7) is 14.0. The summed E-state index contributed by atoms with van der Waals surface area (Å²) in [5.41, 5.74) is -1.63. The van der Waals surface area contributed by atoms with Crippen LogP contribution in [0.3, 0.4) is 0 Å². The maximum Gasteiger partial charge on any atom is 0.417 e. The molecule has 13 nitrogen and oxygen atoms in total. The van der Waals surface area contributed by atoms with Crippen molar-refractivity contribution in [3.05, 3.63) is 35.9 Å². The number of rotatable bonds is 10. The van der Waals surface area contributed by atoms with E-state index in [1.54, 1.807) is 58.9 Å². The van der Waals surface area contributed by atoms with Gasteiger partial charge in [-0.2, -0.15) is 0 Å². The number of imide groups is 1. The van der Waals surface area contributed by atoms with E-state index in [0.29, 0.717) is 4.90 Å². The molecule has 1 aliphatic heterocycles. The molecule has 0 aliphatic carbocycles. The molecule has 0 radical (unpaired) electrons. The number of alkyl carbamates (subject to hydrolysis) is 1. The molecule has 0 unspecified atom stereocenters. The van der Waals surface area contributed by atoms with Gasteiger partial charge in [0, 0.05) is 0 Å². The third-order valence-electron chi connectivity index (χ3n) is 6.25. The maximum atomic E-state index is 13.5. The van der Waals surface area contributed by atoms with Crippen LogP contribution in [0.25, 0.3) is 0 Å². The molecule has 13 heteroatoms. The first kappa shape index (κ1) is 34.0. The normalized spacial score (nSPS) is 18.4. The summed E-state index contributed by atoms with van der Waals surface area (Å²) in [6, 6.07) is 5.34. The lowest BCUT2D eigenvalue weighted by molar-refractivity contribution is -0.149. The van der Waals surface area contributed by atoms with Crippen LogP contribution in [0.1, 0.15) is 67.9 Å². The zero-order valence-corrected chi connectivity index (χ0v) is 25.6. The van der Waals surface area contributed by atoms with Gasteiger partial charge in [-0.25, -0.2) is 19.3 Å². The van der Waals surface area contributed by atoms with Gasteiger partial charge in [-0.1, -0.05) is 44.2 Å². The third kappa shape index (κ3) is 9.18. The van der Waals surface area contributed by atoms with Crippen molar-refractivity contribution in [2.24, 2.45) is 5.92 Å². The van der Waals surface area contributed by atoms with E-state index >= 15 is 0 Å². The van der Waals surface area contributed by atoms with Crippen molar-refractivity contribution in [2.75, 3.05) is 0 Å². The molecule has 2 rings (SSSR count). The average molecular weight is 591 g/mol. The molecule has 0 saturated carbocycles. The van der Waals surface area contributed by atoms with Gasteiger partial charge < -0.3 is 30.2 Å². The van der Waals surface area contributed by atoms with Gasteiger partial charge in [0.2, 0.25) is 11.8 Å². The van der Waals surface area contributed by atoms with E-state index < -0.39 is 77.2 Å². The fourth-order valence-corrected chi connectivity index (χ4v) is 3.99. The van der Waals surface area contributed by atoms with E-state index in [1.165, 1.54) is 27.7 Å². The Balaban J connectivity index is 2.11. The molecule has 42 heavy (non-hydrogen) atoms. The van der Waals surface area contributed by atoms with Crippen LogP contribution in [0, 0.1) is 5.92 Å². The van der Waals surface area contributed by atoms with Gasteiger partial charge in [0.15, 0.2) is 6.04 Å². The smallest absolute Gasteiger partial charge is 0.417 e. The maximum absolute atomic E-state index is 13.5. The van der Waals surface area contributed by atoms with E-state index in [-0.39, 0.29) is 6.61 Å². The number of esters is 1. The van der Waals surface area contributed by atoms with E-state index in [1.807, 2.05) is 6.07 Å². The lowest BCUT2D eigenvalue weighted by Crippen LogP contribution is -2.63. The Labute approximate surface area is 246 Å².